The minimum atomic E-state index is -0.532. The summed E-state index contributed by atoms with van der Waals surface area (Å²) in [5.41, 5.74) is -0.0334. The van der Waals surface area contributed by atoms with E-state index < -0.39 is 17.3 Å². The van der Waals surface area contributed by atoms with Crippen molar-refractivity contribution in [2.45, 2.75) is 11.6 Å². The molecule has 24 heavy (non-hydrogen) atoms. The molecule has 0 aliphatic carbocycles. The van der Waals surface area contributed by atoms with Gasteiger partial charge < -0.3 is 15.6 Å². The normalized spacial score (nSPS) is 10.2. The molecule has 0 spiro atoms. The fourth-order valence-corrected chi connectivity index (χ4v) is 2.47. The highest BCUT2D eigenvalue weighted by atomic mass is 32.2. The molecule has 1 aromatic carbocycles. The molecule has 0 aliphatic heterocycles. The van der Waals surface area contributed by atoms with Gasteiger partial charge in [0.2, 0.25) is 11.8 Å². The van der Waals surface area contributed by atoms with Crippen LogP contribution in [0.25, 0.3) is 0 Å². The summed E-state index contributed by atoms with van der Waals surface area (Å²) < 4.78 is 13.5. The molecule has 0 saturated heterocycles. The molecule has 0 saturated carbocycles. The highest BCUT2D eigenvalue weighted by Gasteiger charge is 2.10. The fourth-order valence-electron chi connectivity index (χ4n) is 1.78. The molecule has 7 nitrogen and oxygen atoms in total. The number of likely N-dealkylation sites (N-methyl/N-ethyl adjacent to an activating group) is 1. The smallest absolute Gasteiger partial charge is 0.251 e. The van der Waals surface area contributed by atoms with Crippen molar-refractivity contribution in [3.05, 3.63) is 52.2 Å². The number of para-hydroxylation sites is 1. The number of hydrogen-bond acceptors (Lipinski definition) is 5. The van der Waals surface area contributed by atoms with Crippen LogP contribution in [0.4, 0.5) is 10.1 Å². The van der Waals surface area contributed by atoms with E-state index in [-0.39, 0.29) is 28.9 Å². The second kappa shape index (κ2) is 8.25. The van der Waals surface area contributed by atoms with Gasteiger partial charge in [0, 0.05) is 13.1 Å². The van der Waals surface area contributed by atoms with E-state index in [4.69, 9.17) is 0 Å². The highest BCUT2D eigenvalue weighted by molar-refractivity contribution is 7.99. The average molecular weight is 350 g/mol. The Balaban J connectivity index is 1.98. The topological polar surface area (TPSA) is 104 Å². The van der Waals surface area contributed by atoms with Gasteiger partial charge in [-0.3, -0.25) is 14.4 Å². The van der Waals surface area contributed by atoms with E-state index in [1.54, 1.807) is 6.07 Å². The van der Waals surface area contributed by atoms with Gasteiger partial charge in [-0.1, -0.05) is 23.9 Å². The first-order valence-corrected chi connectivity index (χ1v) is 7.94. The van der Waals surface area contributed by atoms with Gasteiger partial charge in [0.15, 0.2) is 5.16 Å². The van der Waals surface area contributed by atoms with Gasteiger partial charge in [0.1, 0.15) is 5.82 Å². The molecule has 0 bridgehead atoms. The molecule has 2 aromatic rings. The molecule has 3 N–H and O–H groups in total. The van der Waals surface area contributed by atoms with E-state index >= 15 is 0 Å². The lowest BCUT2D eigenvalue weighted by atomic mass is 10.3. The zero-order valence-corrected chi connectivity index (χ0v) is 13.6. The predicted octanol–water partition coefficient (Wildman–Crippen LogP) is 0.928. The molecule has 1 heterocycles. The van der Waals surface area contributed by atoms with Crippen LogP contribution in [0.15, 0.2) is 40.3 Å². The largest absolute Gasteiger partial charge is 0.359 e. The first-order chi connectivity index (χ1) is 11.5. The Morgan fingerprint density at radius 1 is 1.29 bits per heavy atom. The van der Waals surface area contributed by atoms with Crippen molar-refractivity contribution in [2.75, 3.05) is 18.1 Å². The van der Waals surface area contributed by atoms with Crippen molar-refractivity contribution < 1.29 is 14.0 Å². The summed E-state index contributed by atoms with van der Waals surface area (Å²) in [5.74, 6) is -1.32. The monoisotopic (exact) mass is 350 g/mol. The van der Waals surface area contributed by atoms with Crippen LogP contribution in [0.5, 0.6) is 0 Å². The number of thioether (sulfide) groups is 1. The third-order valence-corrected chi connectivity index (χ3v) is 3.75. The van der Waals surface area contributed by atoms with Gasteiger partial charge in [0.05, 0.1) is 23.6 Å². The number of aromatic nitrogens is 2. The first-order valence-electron chi connectivity index (χ1n) is 6.96. The van der Waals surface area contributed by atoms with Crippen LogP contribution in [-0.4, -0.2) is 34.6 Å². The third-order valence-electron chi connectivity index (χ3n) is 2.88. The number of carbonyl (C=O) groups is 2. The standard InChI is InChI=1S/C15H15FN4O3S/c1-17-12(21)6-9-7-13(22)20-15(18-9)24-8-14(23)19-11-5-3-2-4-10(11)16/h2-5,7H,6,8H2,1H3,(H,17,21)(H,19,23)(H,18,20,22). The number of hydrogen-bond donors (Lipinski definition) is 3. The van der Waals surface area contributed by atoms with E-state index in [0.717, 1.165) is 11.8 Å². The van der Waals surface area contributed by atoms with Crippen LogP contribution in [-0.2, 0) is 16.0 Å². The molecule has 0 radical (unpaired) electrons. The maximum Gasteiger partial charge on any atom is 0.251 e. The van der Waals surface area contributed by atoms with E-state index in [9.17, 15) is 18.8 Å². The SMILES string of the molecule is CNC(=O)Cc1cc(=O)[nH]c(SCC(=O)Nc2ccccc2F)n1. The van der Waals surface area contributed by atoms with Gasteiger partial charge >= 0.3 is 0 Å². The molecule has 0 fully saturated rings. The van der Waals surface area contributed by atoms with E-state index in [2.05, 4.69) is 20.6 Å². The minimum absolute atomic E-state index is 0.0323. The Hall–Kier alpha value is -2.68. The number of rotatable bonds is 6. The zero-order chi connectivity index (χ0) is 17.5. The summed E-state index contributed by atoms with van der Waals surface area (Å²) in [6.07, 6.45) is -0.0323. The quantitative estimate of drug-likeness (QED) is 0.531. The number of halogens is 1. The zero-order valence-electron chi connectivity index (χ0n) is 12.8. The maximum atomic E-state index is 13.5. The van der Waals surface area contributed by atoms with Crippen LogP contribution < -0.4 is 16.2 Å². The number of amides is 2. The number of H-pyrrole nitrogens is 1. The van der Waals surface area contributed by atoms with E-state index in [0.29, 0.717) is 5.69 Å². The van der Waals surface area contributed by atoms with Gasteiger partial charge in [-0.05, 0) is 12.1 Å². The summed E-state index contributed by atoms with van der Waals surface area (Å²) in [5, 5.41) is 5.08. The third kappa shape index (κ3) is 5.20. The van der Waals surface area contributed by atoms with Crippen LogP contribution in [0.1, 0.15) is 5.69 Å². The summed E-state index contributed by atoms with van der Waals surface area (Å²) in [6, 6.07) is 7.03. The van der Waals surface area contributed by atoms with Crippen LogP contribution in [0.3, 0.4) is 0 Å². The van der Waals surface area contributed by atoms with Crippen molar-refractivity contribution in [2.24, 2.45) is 0 Å². The number of nitrogens with zero attached hydrogens (tertiary/aromatic N) is 1. The summed E-state index contributed by atoms with van der Waals surface area (Å²) in [7, 11) is 1.48. The molecule has 2 rings (SSSR count). The van der Waals surface area contributed by atoms with Crippen molar-refractivity contribution in [3.8, 4) is 0 Å². The Kier molecular flexibility index (Phi) is 6.07. The van der Waals surface area contributed by atoms with Crippen LogP contribution in [0.2, 0.25) is 0 Å². The van der Waals surface area contributed by atoms with Crippen molar-refractivity contribution >= 4 is 29.3 Å². The Labute approximate surface area is 141 Å². The lowest BCUT2D eigenvalue weighted by Crippen LogP contribution is -2.22. The summed E-state index contributed by atoms with van der Waals surface area (Å²) >= 11 is 0.984. The van der Waals surface area contributed by atoms with Crippen LogP contribution >= 0.6 is 11.8 Å². The van der Waals surface area contributed by atoms with Gasteiger partial charge in [-0.2, -0.15) is 0 Å². The minimum Gasteiger partial charge on any atom is -0.359 e. The van der Waals surface area contributed by atoms with Crippen molar-refractivity contribution in [1.29, 1.82) is 0 Å². The molecular formula is C15H15FN4O3S. The first kappa shape index (κ1) is 17.7. The molecule has 0 aliphatic rings. The van der Waals surface area contributed by atoms with Crippen molar-refractivity contribution in [1.82, 2.24) is 15.3 Å². The molecule has 126 valence electrons. The highest BCUT2D eigenvalue weighted by Crippen LogP contribution is 2.15. The lowest BCUT2D eigenvalue weighted by molar-refractivity contribution is -0.120. The summed E-state index contributed by atoms with van der Waals surface area (Å²) in [4.78, 5) is 41.3. The average Bonchev–Trinajstić information content (AvgIpc) is 2.54. The van der Waals surface area contributed by atoms with Crippen molar-refractivity contribution in [3.63, 3.8) is 0 Å². The fraction of sp³-hybridized carbons (Fsp3) is 0.200. The molecule has 0 atom stereocenters. The Morgan fingerprint density at radius 3 is 2.75 bits per heavy atom. The number of aromatic amines is 1. The number of carbonyl (C=O) groups excluding carboxylic acids is 2. The molecule has 2 amide bonds. The Morgan fingerprint density at radius 2 is 2.04 bits per heavy atom. The van der Waals surface area contributed by atoms with E-state index in [1.165, 1.54) is 31.3 Å². The van der Waals surface area contributed by atoms with Gasteiger partial charge in [0.25, 0.3) is 5.56 Å². The molecule has 0 unspecified atom stereocenters. The number of nitrogens with one attached hydrogen (secondary N) is 3. The molecular weight excluding hydrogens is 335 g/mol. The number of benzene rings is 1. The van der Waals surface area contributed by atoms with Gasteiger partial charge in [-0.25, -0.2) is 9.37 Å². The lowest BCUT2D eigenvalue weighted by Gasteiger charge is -2.06. The second-order valence-corrected chi connectivity index (χ2v) is 5.67. The predicted molar refractivity (Wildman–Crippen MR) is 88.4 cm³/mol. The van der Waals surface area contributed by atoms with Gasteiger partial charge in [-0.15, -0.1) is 0 Å². The summed E-state index contributed by atoms with van der Waals surface area (Å²) in [6.45, 7) is 0. The molecule has 1 aromatic heterocycles. The second-order valence-electron chi connectivity index (χ2n) is 4.71. The van der Waals surface area contributed by atoms with E-state index in [1.807, 2.05) is 0 Å². The van der Waals surface area contributed by atoms with Crippen LogP contribution in [0, 0.1) is 5.82 Å². The molecule has 9 heteroatoms. The Bertz CT molecular complexity index is 809. The number of anilines is 1. The maximum absolute atomic E-state index is 13.5.